The molecule has 0 fully saturated rings. The summed E-state index contributed by atoms with van der Waals surface area (Å²) in [4.78, 5) is 70.5. The van der Waals surface area contributed by atoms with Crippen LogP contribution in [0.25, 0.3) is 88.1 Å². The molecule has 0 saturated carbocycles. The number of carbonyl (C=O) groups excluding carboxylic acids is 2. The van der Waals surface area contributed by atoms with Crippen molar-refractivity contribution in [3.8, 4) is 86.5 Å². The Morgan fingerprint density at radius 2 is 0.828 bits per heavy atom. The molecule has 122 heavy (non-hydrogen) atoms. The molecule has 15 aromatic rings. The molecule has 0 spiro atoms. The number of methoxy groups -OCH3 is 3. The van der Waals surface area contributed by atoms with Gasteiger partial charge in [-0.05, 0) is 199 Å². The number of aryl methyl sites for hydroxylation is 1. The van der Waals surface area contributed by atoms with Crippen molar-refractivity contribution < 1.29 is 46.0 Å². The quantitative estimate of drug-likeness (QED) is 0.0292. The summed E-state index contributed by atoms with van der Waals surface area (Å²) in [5, 5.41) is 14.6. The minimum atomic E-state index is -0.603. The zero-order valence-corrected chi connectivity index (χ0v) is 72.7. The molecule has 2 amide bonds. The first-order valence-corrected chi connectivity index (χ1v) is 42.7. The summed E-state index contributed by atoms with van der Waals surface area (Å²) in [7, 11) is 4.91. The number of benzene rings is 7. The molecule has 8 aromatic heterocycles. The van der Waals surface area contributed by atoms with E-state index in [1.54, 1.807) is 73.1 Å². The molecule has 0 aliphatic carbocycles. The summed E-state index contributed by atoms with van der Waals surface area (Å²) in [6.07, 6.45) is 29.8. The Morgan fingerprint density at radius 1 is 0.475 bits per heavy atom. The first-order chi connectivity index (χ1) is 56.9. The van der Waals surface area contributed by atoms with Gasteiger partial charge in [-0.1, -0.05) is 119 Å². The van der Waals surface area contributed by atoms with E-state index in [0.29, 0.717) is 24.6 Å². The molecule has 15 rings (SSSR count). The number of imidazole rings is 4. The number of halogens is 3. The Labute approximate surface area is 746 Å². The number of carbonyl (C=O) groups is 2. The van der Waals surface area contributed by atoms with Crippen molar-refractivity contribution in [2.45, 2.75) is 125 Å². The molecule has 0 unspecified atom stereocenters. The molecule has 0 aliphatic rings. The third-order valence-corrected chi connectivity index (χ3v) is 18.1. The molecule has 10 N–H and O–H groups in total. The number of amides is 2. The van der Waals surface area contributed by atoms with Gasteiger partial charge in [-0.15, -0.1) is 6.42 Å². The molecule has 3 atom stereocenters. The van der Waals surface area contributed by atoms with E-state index in [2.05, 4.69) is 193 Å². The van der Waals surface area contributed by atoms with E-state index in [-0.39, 0.29) is 38.2 Å². The van der Waals surface area contributed by atoms with Gasteiger partial charge >= 0.3 is 51.7 Å². The van der Waals surface area contributed by atoms with Crippen LogP contribution in [0.5, 0.6) is 17.2 Å². The number of ether oxygens (including phenoxy) is 5. The molecule has 7 aromatic carbocycles. The standard InChI is InChI=1S/C28H28N4O3.C23H24N4O.C16H21NO3.C12H8BrN3.C12H10N4.3CH4.B.2BrH.Cu.H2/c1-28(2,3)35-27(33)31-23(15-19-5-10-24(34-4)11-6-19)9-12-26-30-18-25(32-26)21-7-8-22-17-29-14-13-20(22)16-21;1-28-21-7-2-16(3-8-21)12-20(24)6-9-23-26-15-22(27-23)18-4-5-19-14-25-11-10-17(19)13-18;1-6-13(17-15(18)20-16(2,3)4)11-12-7-9-14(19-5)10-8-12;2*13-12-15-7-11(16-12)9-1-2-10-6-14-4-3-8(10)5-9;;;;;;;;/h5-8,10-11,13-14,16-18,23H,15H2,1-4H3,(H,30,32)(H,31,33);2-5,7-8,10-11,13-15,20H,6,9,12,24H2,1H3,(H,26,27);1,7-10,13H,11H2,2-5H3,(H,17,18);1-7H,(H,15,16);1-7H,(H3,13,15,16);3*1H4;;2*1H;;1H/q;;;;;;;;;;;+2;/p-2/t23-;20-;13-;;;;;;;;;;/m111........../s1/i;;;;;;;;;;;;1+1. The Hall–Kier alpha value is -12.1. The molecular formula is C94H105BBr3CuN16O7. The number of aromatic nitrogens is 12. The van der Waals surface area contributed by atoms with Gasteiger partial charge in [-0.3, -0.25) is 19.9 Å². The van der Waals surface area contributed by atoms with Crippen LogP contribution in [-0.4, -0.2) is 131 Å². The van der Waals surface area contributed by atoms with E-state index in [0.717, 1.165) is 136 Å². The number of nitrogens with two attached hydrogens (primary N) is 2. The first kappa shape index (κ1) is 98.7. The van der Waals surface area contributed by atoms with E-state index in [9.17, 15) is 9.59 Å². The van der Waals surface area contributed by atoms with Crippen LogP contribution in [0, 0.1) is 24.2 Å². The molecule has 8 heterocycles. The van der Waals surface area contributed by atoms with Gasteiger partial charge in [-0.25, -0.2) is 29.5 Å². The molecule has 0 aliphatic heterocycles. The minimum absolute atomic E-state index is 0. The molecule has 638 valence electrons. The van der Waals surface area contributed by atoms with Crippen LogP contribution >= 0.6 is 44.2 Å². The number of pyridine rings is 4. The normalized spacial score (nSPS) is 11.2. The number of H-pyrrole nitrogens is 4. The number of aromatic amines is 4. The second kappa shape index (κ2) is 48.9. The molecule has 0 saturated heterocycles. The van der Waals surface area contributed by atoms with Crippen LogP contribution in [0.1, 0.15) is 100 Å². The molecular weight excluding hydrogens is 1780 g/mol. The van der Waals surface area contributed by atoms with Crippen molar-refractivity contribution in [3.63, 3.8) is 0 Å². The predicted octanol–water partition coefficient (Wildman–Crippen LogP) is 21.1. The van der Waals surface area contributed by atoms with Gasteiger partial charge in [0.15, 0.2) is 16.5 Å². The van der Waals surface area contributed by atoms with Crippen molar-refractivity contribution in [1.82, 2.24) is 70.4 Å². The van der Waals surface area contributed by atoms with Gasteiger partial charge in [-0.2, -0.15) is 0 Å². The number of nitrogen functional groups attached to an aromatic ring is 1. The van der Waals surface area contributed by atoms with Crippen LogP contribution in [0.2, 0.25) is 0 Å². The average Bonchev–Trinajstić information content (AvgIpc) is 1.79. The van der Waals surface area contributed by atoms with Crippen molar-refractivity contribution in [2.24, 2.45) is 5.73 Å². The number of fused-ring (bicyclic) bond motifs is 4. The van der Waals surface area contributed by atoms with Crippen LogP contribution in [0.4, 0.5) is 15.5 Å². The molecule has 23 nitrogen and oxygen atoms in total. The number of alkyl carbamates (subject to hydrolysis) is 2. The van der Waals surface area contributed by atoms with Crippen LogP contribution in [0.3, 0.4) is 0 Å². The first-order valence-electron chi connectivity index (χ1n) is 37.3. The Morgan fingerprint density at radius 3 is 1.20 bits per heavy atom. The maximum atomic E-state index is 12.4. The Bertz CT molecular complexity index is 5760. The monoisotopic (exact) mass is 1880 g/mol. The molecule has 28 heteroatoms. The van der Waals surface area contributed by atoms with Gasteiger partial charge in [0.2, 0.25) is 0 Å². The van der Waals surface area contributed by atoms with E-state index < -0.39 is 35.5 Å². The number of hydrogen-bond donors (Lipinski definition) is 8. The zero-order valence-electron chi connectivity index (χ0n) is 67.0. The summed E-state index contributed by atoms with van der Waals surface area (Å²) in [6.45, 7) is 10.9. The SMILES string of the molecule is Brc1ncc(-c2ccc3cnccc3c2)[nH]1.C.C.C.C#C[C@H](Cc1ccc(OC)cc1)NC(=O)OC(C)(C)C.COc1ccc(C[C@@H](C#Cc2ncc(-c3ccc4cnccc4c3)[nH]2)NC(=O)OC(C)(C)C)cc1.COc1ccc(C[C@H](N)CCc2ncc(-c3ccc4cnccc4c3)[nH]2)cc1.Nc1ncc(-c2ccc3cnccc3c2)[nH]1.[2HH].[B].[Br][Cu][Br]. The van der Waals surface area contributed by atoms with E-state index in [1.807, 2.05) is 173 Å². The van der Waals surface area contributed by atoms with Crippen molar-refractivity contribution >= 4 is 114 Å². The van der Waals surface area contributed by atoms with Crippen LogP contribution in [-0.2, 0) is 46.5 Å². The number of nitrogens with zero attached hydrogens (tertiary/aromatic N) is 8. The predicted molar refractivity (Wildman–Crippen MR) is 504 cm³/mol. The zero-order chi connectivity index (χ0) is 84.0. The summed E-state index contributed by atoms with van der Waals surface area (Å²) >= 11 is 10.7. The maximum absolute atomic E-state index is 12.4. The second-order valence-corrected chi connectivity index (χ2v) is 34.2. The Balaban J connectivity index is 0.000000276. The second-order valence-electron chi connectivity index (χ2n) is 28.7. The summed E-state index contributed by atoms with van der Waals surface area (Å²) in [5.41, 5.74) is 22.1. The fourth-order valence-electron chi connectivity index (χ4n) is 11.9. The van der Waals surface area contributed by atoms with Crippen LogP contribution in [0.15, 0.2) is 249 Å². The number of hydrogen-bond acceptors (Lipinski definition) is 17. The number of nitrogens with one attached hydrogen (secondary N) is 6. The molecule has 3 radical (unpaired) electrons. The van der Waals surface area contributed by atoms with E-state index >= 15 is 0 Å². The topological polar surface area (TPSA) is 323 Å². The number of terminal acetylenes is 1. The van der Waals surface area contributed by atoms with Crippen molar-refractivity contribution in [2.75, 3.05) is 27.1 Å². The van der Waals surface area contributed by atoms with Gasteiger partial charge in [0.1, 0.15) is 34.3 Å². The van der Waals surface area contributed by atoms with Gasteiger partial charge < -0.3 is 65.7 Å². The van der Waals surface area contributed by atoms with Gasteiger partial charge in [0.25, 0.3) is 0 Å². The van der Waals surface area contributed by atoms with Crippen molar-refractivity contribution in [1.29, 1.82) is 0 Å². The summed E-state index contributed by atoms with van der Waals surface area (Å²) in [6, 6.07) is 55.3. The number of anilines is 1. The summed E-state index contributed by atoms with van der Waals surface area (Å²) < 4.78 is 26.9. The van der Waals surface area contributed by atoms with Gasteiger partial charge in [0, 0.05) is 129 Å². The third-order valence-electron chi connectivity index (χ3n) is 17.7. The third kappa shape index (κ3) is 31.5. The Kier molecular flexibility index (Phi) is 39.6. The molecule has 0 bridgehead atoms. The average molecular weight is 1890 g/mol. The van der Waals surface area contributed by atoms with Gasteiger partial charge in [0.05, 0.1) is 81.0 Å². The summed E-state index contributed by atoms with van der Waals surface area (Å²) in [5.74, 6) is 13.1. The fourth-order valence-corrected chi connectivity index (χ4v) is 12.2. The fraction of sp³-hybridized carbons (Fsp3) is 0.234. The van der Waals surface area contributed by atoms with Crippen LogP contribution < -0.4 is 36.3 Å². The van der Waals surface area contributed by atoms with E-state index in [4.69, 9.17) is 41.6 Å². The van der Waals surface area contributed by atoms with Crippen molar-refractivity contribution in [3.05, 3.63) is 277 Å². The number of rotatable bonds is 18. The van der Waals surface area contributed by atoms with E-state index in [1.165, 1.54) is 27.7 Å².